The summed E-state index contributed by atoms with van der Waals surface area (Å²) in [6, 6.07) is 0. The van der Waals surface area contributed by atoms with Crippen LogP contribution in [0.15, 0.2) is 60.8 Å². The molecule has 72 heavy (non-hydrogen) atoms. The predicted molar refractivity (Wildman–Crippen MR) is 284 cm³/mol. The van der Waals surface area contributed by atoms with Gasteiger partial charge in [0.15, 0.2) is 12.6 Å². The molecule has 11 atom stereocenters. The molecule has 2 heterocycles. The molecule has 0 aromatic heterocycles. The topological polar surface area (TPSA) is 214 Å². The second-order valence-corrected chi connectivity index (χ2v) is 19.7. The van der Waals surface area contributed by atoms with E-state index in [1.165, 1.54) is 96.3 Å². The van der Waals surface area contributed by atoms with Gasteiger partial charge in [0.1, 0.15) is 54.9 Å². The number of unbranched alkanes of at least 4 members (excludes halogenated alkanes) is 21. The maximum Gasteiger partial charge on any atom is 0.306 e. The van der Waals surface area contributed by atoms with Crippen LogP contribution < -0.4 is 0 Å². The average Bonchev–Trinajstić information content (AvgIpc) is 3.38. The molecule has 0 bridgehead atoms. The Labute approximate surface area is 434 Å². The Hall–Kier alpha value is -2.31. The number of esters is 1. The van der Waals surface area contributed by atoms with Crippen LogP contribution >= 0.6 is 0 Å². The summed E-state index contributed by atoms with van der Waals surface area (Å²) in [5.41, 5.74) is 0. The van der Waals surface area contributed by atoms with E-state index in [-0.39, 0.29) is 25.6 Å². The number of carbonyl (C=O) groups excluding carboxylic acids is 1. The minimum atomic E-state index is -1.71. The van der Waals surface area contributed by atoms with Gasteiger partial charge in [0.05, 0.1) is 26.4 Å². The van der Waals surface area contributed by atoms with Crippen molar-refractivity contribution in [3.05, 3.63) is 60.8 Å². The van der Waals surface area contributed by atoms with Crippen LogP contribution in [-0.4, -0.2) is 142 Å². The molecule has 0 radical (unpaired) electrons. The highest BCUT2D eigenvalue weighted by molar-refractivity contribution is 5.69. The minimum Gasteiger partial charge on any atom is -0.457 e. The molecule has 2 rings (SSSR count). The molecule has 0 aromatic rings. The lowest BCUT2D eigenvalue weighted by Gasteiger charge is -2.42. The number of aliphatic hydroxyl groups excluding tert-OH is 7. The van der Waals surface area contributed by atoms with Crippen molar-refractivity contribution in [2.45, 2.75) is 268 Å². The Kier molecular flexibility index (Phi) is 41.1. The van der Waals surface area contributed by atoms with Crippen LogP contribution in [-0.2, 0) is 33.2 Å². The van der Waals surface area contributed by atoms with Gasteiger partial charge in [0, 0.05) is 13.0 Å². The van der Waals surface area contributed by atoms with E-state index in [0.717, 1.165) is 77.0 Å². The number of aliphatic hydroxyl groups is 7. The van der Waals surface area contributed by atoms with E-state index >= 15 is 0 Å². The Morgan fingerprint density at radius 2 is 0.903 bits per heavy atom. The molecule has 2 aliphatic rings. The van der Waals surface area contributed by atoms with Gasteiger partial charge in [-0.1, -0.05) is 177 Å². The summed E-state index contributed by atoms with van der Waals surface area (Å²) in [5, 5.41) is 72.2. The van der Waals surface area contributed by atoms with E-state index in [1.807, 2.05) is 0 Å². The summed E-state index contributed by atoms with van der Waals surface area (Å²) in [6.45, 7) is 3.54. The van der Waals surface area contributed by atoms with Crippen molar-refractivity contribution in [1.29, 1.82) is 0 Å². The van der Waals surface area contributed by atoms with Crippen LogP contribution in [0.3, 0.4) is 0 Å². The van der Waals surface area contributed by atoms with Crippen LogP contribution in [0.25, 0.3) is 0 Å². The maximum atomic E-state index is 13.1. The molecule has 14 nitrogen and oxygen atoms in total. The average molecular weight is 1020 g/mol. The van der Waals surface area contributed by atoms with Crippen LogP contribution in [0.2, 0.25) is 0 Å². The molecular weight excluding hydrogens is 921 g/mol. The summed E-state index contributed by atoms with van der Waals surface area (Å²) < 4.78 is 34.3. The zero-order valence-electron chi connectivity index (χ0n) is 44.7. The van der Waals surface area contributed by atoms with E-state index < -0.39 is 80.7 Å². The van der Waals surface area contributed by atoms with Gasteiger partial charge in [0.2, 0.25) is 0 Å². The van der Waals surface area contributed by atoms with E-state index in [2.05, 4.69) is 74.6 Å². The third kappa shape index (κ3) is 31.5. The zero-order valence-corrected chi connectivity index (χ0v) is 44.7. The number of hydrogen-bond donors (Lipinski definition) is 7. The first-order chi connectivity index (χ1) is 35.1. The van der Waals surface area contributed by atoms with Crippen molar-refractivity contribution in [2.24, 2.45) is 0 Å². The summed E-state index contributed by atoms with van der Waals surface area (Å²) in [6.07, 6.45) is 38.5. The van der Waals surface area contributed by atoms with E-state index in [9.17, 15) is 40.5 Å². The van der Waals surface area contributed by atoms with Gasteiger partial charge in [-0.05, 0) is 77.0 Å². The maximum absolute atomic E-state index is 13.1. The van der Waals surface area contributed by atoms with Crippen molar-refractivity contribution in [2.75, 3.05) is 33.0 Å². The van der Waals surface area contributed by atoms with Gasteiger partial charge in [0.25, 0.3) is 0 Å². The highest BCUT2D eigenvalue weighted by Gasteiger charge is 2.47. The third-order valence-electron chi connectivity index (χ3n) is 13.3. The van der Waals surface area contributed by atoms with Crippen molar-refractivity contribution in [1.82, 2.24) is 0 Å². The SMILES string of the molecule is CC/C=C\C/C=C\C/C=C\C/C=C\CCCCCCCCCCCCCCC(=O)OC(COCCCCCCCC/C=C\CCCCC)COC1OC(COC2OC(CO)C(O)C(O)C2O)C(O)C(O)C1O. The first-order valence-electron chi connectivity index (χ1n) is 28.4. The number of hydrogen-bond acceptors (Lipinski definition) is 14. The van der Waals surface area contributed by atoms with Crippen molar-refractivity contribution in [3.63, 3.8) is 0 Å². The highest BCUT2D eigenvalue weighted by Crippen LogP contribution is 2.26. The molecule has 11 unspecified atom stereocenters. The summed E-state index contributed by atoms with van der Waals surface area (Å²) >= 11 is 0. The van der Waals surface area contributed by atoms with Crippen LogP contribution in [0.1, 0.15) is 200 Å². The van der Waals surface area contributed by atoms with Crippen LogP contribution in [0.4, 0.5) is 0 Å². The fraction of sp³-hybridized carbons (Fsp3) is 0.810. The third-order valence-corrected chi connectivity index (χ3v) is 13.3. The van der Waals surface area contributed by atoms with E-state index in [1.54, 1.807) is 0 Å². The van der Waals surface area contributed by atoms with Gasteiger partial charge in [-0.15, -0.1) is 0 Å². The Morgan fingerprint density at radius 3 is 1.43 bits per heavy atom. The second-order valence-electron chi connectivity index (χ2n) is 19.7. The fourth-order valence-electron chi connectivity index (χ4n) is 8.68. The second kappa shape index (κ2) is 44.9. The summed E-state index contributed by atoms with van der Waals surface area (Å²) in [7, 11) is 0. The van der Waals surface area contributed by atoms with Gasteiger partial charge in [-0.25, -0.2) is 0 Å². The molecule has 7 N–H and O–H groups in total. The lowest BCUT2D eigenvalue weighted by atomic mass is 9.98. The Balaban J connectivity index is 1.69. The Morgan fingerprint density at radius 1 is 0.472 bits per heavy atom. The molecule has 0 amide bonds. The first-order valence-corrected chi connectivity index (χ1v) is 28.4. The standard InChI is InChI=1S/C58H102O14/c1-3-5-7-9-11-13-15-17-18-19-20-21-22-23-24-25-26-27-28-29-31-33-35-37-39-41-50(60)70-47(44-67-42-40-38-36-34-32-30-16-14-12-10-8-6-4-2)45-68-57-56(66)54(64)52(62)49(72-57)46-69-58-55(65)53(63)51(61)48(43-59)71-58/h5,7,11-14,17-18,20-21,47-49,51-59,61-66H,3-4,6,8-10,15-16,19,22-46H2,1-2H3/b7-5-,13-11-,14-12-,18-17-,21-20-. The molecule has 14 heteroatoms. The van der Waals surface area contributed by atoms with Gasteiger partial charge in [-0.3, -0.25) is 4.79 Å². The number of ether oxygens (including phenoxy) is 6. The largest absolute Gasteiger partial charge is 0.457 e. The van der Waals surface area contributed by atoms with Crippen LogP contribution in [0, 0.1) is 0 Å². The lowest BCUT2D eigenvalue weighted by molar-refractivity contribution is -0.332. The Bertz CT molecular complexity index is 1420. The first kappa shape index (κ1) is 65.8. The fourth-order valence-corrected chi connectivity index (χ4v) is 8.68. The molecule has 0 saturated carbocycles. The molecule has 2 aliphatic heterocycles. The van der Waals surface area contributed by atoms with Crippen LogP contribution in [0.5, 0.6) is 0 Å². The molecule has 2 fully saturated rings. The zero-order chi connectivity index (χ0) is 52.3. The summed E-state index contributed by atoms with van der Waals surface area (Å²) in [4.78, 5) is 13.1. The van der Waals surface area contributed by atoms with E-state index in [0.29, 0.717) is 13.0 Å². The number of rotatable bonds is 45. The number of carbonyl (C=O) groups is 1. The van der Waals surface area contributed by atoms with Gasteiger partial charge < -0.3 is 64.2 Å². The van der Waals surface area contributed by atoms with Crippen molar-refractivity contribution >= 4 is 5.97 Å². The summed E-state index contributed by atoms with van der Waals surface area (Å²) in [5.74, 6) is -0.382. The lowest BCUT2D eigenvalue weighted by Crippen LogP contribution is -2.61. The van der Waals surface area contributed by atoms with Gasteiger partial charge in [-0.2, -0.15) is 0 Å². The molecule has 0 aromatic carbocycles. The molecule has 0 aliphatic carbocycles. The highest BCUT2D eigenvalue weighted by atomic mass is 16.7. The molecule has 0 spiro atoms. The van der Waals surface area contributed by atoms with Gasteiger partial charge >= 0.3 is 5.97 Å². The predicted octanol–water partition coefficient (Wildman–Crippen LogP) is 9.69. The van der Waals surface area contributed by atoms with Crippen molar-refractivity contribution in [3.8, 4) is 0 Å². The van der Waals surface area contributed by atoms with Crippen molar-refractivity contribution < 1.29 is 69.0 Å². The monoisotopic (exact) mass is 1020 g/mol. The molecule has 2 saturated heterocycles. The van der Waals surface area contributed by atoms with E-state index in [4.69, 9.17) is 28.4 Å². The molecular formula is C58H102O14. The minimum absolute atomic E-state index is 0.0556. The molecule has 418 valence electrons. The quantitative estimate of drug-likeness (QED) is 0.0172. The smallest absolute Gasteiger partial charge is 0.306 e. The normalized spacial score (nSPS) is 25.6. The number of allylic oxidation sites excluding steroid dienone is 10.